The minimum Gasteiger partial charge on any atom is -0.481 e. The zero-order valence-electron chi connectivity index (χ0n) is 15.2. The van der Waals surface area contributed by atoms with Crippen LogP contribution < -0.4 is 15.6 Å². The third-order valence-electron chi connectivity index (χ3n) is 3.60. The van der Waals surface area contributed by atoms with Gasteiger partial charge in [-0.15, -0.1) is 0 Å². The Kier molecular flexibility index (Phi) is 6.54. The molecule has 0 aliphatic carbocycles. The molecule has 9 heteroatoms. The van der Waals surface area contributed by atoms with Crippen LogP contribution in [0.25, 0.3) is 0 Å². The molecule has 0 fully saturated rings. The lowest BCUT2D eigenvalue weighted by atomic mass is 10.2. The molecule has 0 saturated heterocycles. The summed E-state index contributed by atoms with van der Waals surface area (Å²) in [6.07, 6.45) is -0.840. The van der Waals surface area contributed by atoms with E-state index in [1.165, 1.54) is 38.4 Å². The minimum absolute atomic E-state index is 0.0211. The van der Waals surface area contributed by atoms with Crippen LogP contribution in [0.3, 0.4) is 0 Å². The van der Waals surface area contributed by atoms with Gasteiger partial charge >= 0.3 is 0 Å². The number of benzene rings is 2. The topological polar surface area (TPSA) is 105 Å². The lowest BCUT2D eigenvalue weighted by Gasteiger charge is -2.15. The largest absolute Gasteiger partial charge is 0.481 e. The van der Waals surface area contributed by atoms with Gasteiger partial charge in [0.1, 0.15) is 5.75 Å². The van der Waals surface area contributed by atoms with Crippen LogP contribution in [0.15, 0.2) is 59.5 Å². The molecule has 0 saturated carbocycles. The van der Waals surface area contributed by atoms with Crippen LogP contribution in [0, 0.1) is 0 Å². The molecule has 0 bridgehead atoms. The standard InChI is InChI=1S/C18H21N3O5S/c1-13(26-15-9-5-4-6-10-15)17(22)19-20-18(23)14-8-7-11-16(12-14)27(24,25)21(2)3/h4-13H,1-3H3,(H,19,22)(H,20,23). The van der Waals surface area contributed by atoms with Gasteiger partial charge in [-0.3, -0.25) is 20.4 Å². The average Bonchev–Trinajstić information content (AvgIpc) is 2.66. The van der Waals surface area contributed by atoms with Crippen molar-refractivity contribution in [1.82, 2.24) is 15.2 Å². The molecule has 0 spiro atoms. The fourth-order valence-corrected chi connectivity index (χ4v) is 3.01. The van der Waals surface area contributed by atoms with E-state index in [2.05, 4.69) is 10.9 Å². The molecule has 0 aromatic heterocycles. The molecule has 1 atom stereocenters. The van der Waals surface area contributed by atoms with Crippen LogP contribution in [0.4, 0.5) is 0 Å². The van der Waals surface area contributed by atoms with Crippen molar-refractivity contribution < 1.29 is 22.7 Å². The van der Waals surface area contributed by atoms with E-state index in [4.69, 9.17) is 4.74 Å². The van der Waals surface area contributed by atoms with Crippen LogP contribution in [0.2, 0.25) is 0 Å². The van der Waals surface area contributed by atoms with Gasteiger partial charge in [-0.25, -0.2) is 12.7 Å². The quantitative estimate of drug-likeness (QED) is 0.719. The smallest absolute Gasteiger partial charge is 0.279 e. The van der Waals surface area contributed by atoms with Gasteiger partial charge in [0.05, 0.1) is 4.90 Å². The number of amides is 2. The van der Waals surface area contributed by atoms with Crippen molar-refractivity contribution in [2.45, 2.75) is 17.9 Å². The first kappa shape index (κ1) is 20.4. The van der Waals surface area contributed by atoms with E-state index in [1.807, 2.05) is 6.07 Å². The normalized spacial score (nSPS) is 12.3. The first-order chi connectivity index (χ1) is 12.7. The molecule has 2 amide bonds. The highest BCUT2D eigenvalue weighted by molar-refractivity contribution is 7.89. The van der Waals surface area contributed by atoms with Gasteiger partial charge in [-0.2, -0.15) is 0 Å². The Morgan fingerprint density at radius 1 is 1.00 bits per heavy atom. The van der Waals surface area contributed by atoms with Crippen LogP contribution in [-0.2, 0) is 14.8 Å². The maximum absolute atomic E-state index is 12.2. The van der Waals surface area contributed by atoms with E-state index in [-0.39, 0.29) is 10.5 Å². The van der Waals surface area contributed by atoms with Gasteiger partial charge in [-0.1, -0.05) is 24.3 Å². The number of carbonyl (C=O) groups excluding carboxylic acids is 2. The number of hydrogen-bond acceptors (Lipinski definition) is 5. The van der Waals surface area contributed by atoms with Crippen molar-refractivity contribution in [1.29, 1.82) is 0 Å². The van der Waals surface area contributed by atoms with Crippen molar-refractivity contribution in [3.63, 3.8) is 0 Å². The second-order valence-electron chi connectivity index (χ2n) is 5.83. The Morgan fingerprint density at radius 2 is 1.67 bits per heavy atom. The summed E-state index contributed by atoms with van der Waals surface area (Å²) >= 11 is 0. The van der Waals surface area contributed by atoms with Crippen molar-refractivity contribution in [3.8, 4) is 5.75 Å². The highest BCUT2D eigenvalue weighted by Crippen LogP contribution is 2.15. The number of ether oxygens (including phenoxy) is 1. The van der Waals surface area contributed by atoms with E-state index < -0.39 is 27.9 Å². The van der Waals surface area contributed by atoms with Gasteiger partial charge in [0.25, 0.3) is 11.8 Å². The van der Waals surface area contributed by atoms with Crippen molar-refractivity contribution >= 4 is 21.8 Å². The Hall–Kier alpha value is -2.91. The maximum Gasteiger partial charge on any atom is 0.279 e. The van der Waals surface area contributed by atoms with E-state index >= 15 is 0 Å². The van der Waals surface area contributed by atoms with E-state index in [0.717, 1.165) is 4.31 Å². The number of carbonyl (C=O) groups is 2. The SMILES string of the molecule is CC(Oc1ccccc1)C(=O)NNC(=O)c1cccc(S(=O)(=O)N(C)C)c1. The number of nitrogens with one attached hydrogen (secondary N) is 2. The molecule has 0 aliphatic heterocycles. The van der Waals surface area contributed by atoms with Crippen molar-refractivity contribution in [2.24, 2.45) is 0 Å². The van der Waals surface area contributed by atoms with Crippen LogP contribution in [0.5, 0.6) is 5.75 Å². The predicted molar refractivity (Wildman–Crippen MR) is 99.5 cm³/mol. The summed E-state index contributed by atoms with van der Waals surface area (Å²) in [6, 6.07) is 14.3. The Bertz CT molecular complexity index is 914. The van der Waals surface area contributed by atoms with Crippen molar-refractivity contribution in [3.05, 3.63) is 60.2 Å². The fourth-order valence-electron chi connectivity index (χ4n) is 2.06. The summed E-state index contributed by atoms with van der Waals surface area (Å²) in [6.45, 7) is 1.54. The molecule has 144 valence electrons. The molecular weight excluding hydrogens is 370 g/mol. The number of hydrazine groups is 1. The molecular formula is C18H21N3O5S. The first-order valence-electron chi connectivity index (χ1n) is 8.06. The van der Waals surface area contributed by atoms with Gasteiger partial charge < -0.3 is 4.74 Å². The molecule has 2 aromatic carbocycles. The lowest BCUT2D eigenvalue weighted by Crippen LogP contribution is -2.47. The molecule has 0 aliphatic rings. The van der Waals surface area contributed by atoms with Crippen LogP contribution in [0.1, 0.15) is 17.3 Å². The van der Waals surface area contributed by atoms with Gasteiger partial charge in [0.2, 0.25) is 10.0 Å². The average molecular weight is 391 g/mol. The number of sulfonamides is 1. The van der Waals surface area contributed by atoms with Gasteiger partial charge in [0, 0.05) is 19.7 Å². The molecule has 2 N–H and O–H groups in total. The zero-order chi connectivity index (χ0) is 20.0. The lowest BCUT2D eigenvalue weighted by molar-refractivity contribution is -0.128. The zero-order valence-corrected chi connectivity index (χ0v) is 16.0. The van der Waals surface area contributed by atoms with Crippen LogP contribution >= 0.6 is 0 Å². The number of hydrogen-bond donors (Lipinski definition) is 2. The van der Waals surface area contributed by atoms with Crippen LogP contribution in [-0.4, -0.2) is 44.7 Å². The van der Waals surface area contributed by atoms with Gasteiger partial charge in [0.15, 0.2) is 6.10 Å². The van der Waals surface area contributed by atoms with E-state index in [1.54, 1.807) is 31.2 Å². The monoisotopic (exact) mass is 391 g/mol. The Morgan fingerprint density at radius 3 is 2.30 bits per heavy atom. The van der Waals surface area contributed by atoms with E-state index in [0.29, 0.717) is 5.75 Å². The summed E-state index contributed by atoms with van der Waals surface area (Å²) in [5.41, 5.74) is 4.60. The maximum atomic E-state index is 12.2. The van der Waals surface area contributed by atoms with Gasteiger partial charge in [-0.05, 0) is 37.3 Å². The molecule has 2 aromatic rings. The third-order valence-corrected chi connectivity index (χ3v) is 5.41. The summed E-state index contributed by atoms with van der Waals surface area (Å²) in [4.78, 5) is 24.2. The molecule has 8 nitrogen and oxygen atoms in total. The highest BCUT2D eigenvalue weighted by atomic mass is 32.2. The fraction of sp³-hybridized carbons (Fsp3) is 0.222. The molecule has 0 heterocycles. The Balaban J connectivity index is 1.98. The molecule has 2 rings (SSSR count). The summed E-state index contributed by atoms with van der Waals surface area (Å²) in [7, 11) is -0.868. The van der Waals surface area contributed by atoms with Crippen molar-refractivity contribution in [2.75, 3.05) is 14.1 Å². The molecule has 0 radical (unpaired) electrons. The molecule has 27 heavy (non-hydrogen) atoms. The number of rotatable bonds is 6. The summed E-state index contributed by atoms with van der Waals surface area (Å²) in [5.74, 6) is -0.677. The third kappa shape index (κ3) is 5.28. The predicted octanol–water partition coefficient (Wildman–Crippen LogP) is 1.17. The first-order valence-corrected chi connectivity index (χ1v) is 9.50. The molecule has 1 unspecified atom stereocenters. The number of para-hydroxylation sites is 1. The second-order valence-corrected chi connectivity index (χ2v) is 7.98. The second kappa shape index (κ2) is 8.65. The minimum atomic E-state index is -3.67. The number of nitrogens with zero attached hydrogens (tertiary/aromatic N) is 1. The Labute approximate surface area is 158 Å². The van der Waals surface area contributed by atoms with E-state index in [9.17, 15) is 18.0 Å². The summed E-state index contributed by atoms with van der Waals surface area (Å²) in [5, 5.41) is 0. The highest BCUT2D eigenvalue weighted by Gasteiger charge is 2.20. The summed E-state index contributed by atoms with van der Waals surface area (Å²) < 4.78 is 30.8.